The van der Waals surface area contributed by atoms with Gasteiger partial charge in [-0.25, -0.2) is 8.78 Å². The van der Waals surface area contributed by atoms with Gasteiger partial charge in [-0.15, -0.1) is 11.3 Å². The zero-order chi connectivity index (χ0) is 29.6. The Morgan fingerprint density at radius 3 is 2.51 bits per heavy atom. The molecule has 0 aliphatic carbocycles. The van der Waals surface area contributed by atoms with Crippen molar-refractivity contribution in [2.24, 2.45) is 5.73 Å². The third kappa shape index (κ3) is 5.48. The molecular weight excluding hydrogens is 593 g/mol. The Hall–Kier alpha value is -4.04. The highest BCUT2D eigenvalue weighted by molar-refractivity contribution is 7.19. The van der Waals surface area contributed by atoms with E-state index >= 15 is 4.39 Å². The Kier molecular flexibility index (Phi) is 7.46. The Balaban J connectivity index is 1.39. The zero-order valence-corrected chi connectivity index (χ0v) is 22.3. The van der Waals surface area contributed by atoms with Gasteiger partial charge in [0.15, 0.2) is 11.5 Å². The van der Waals surface area contributed by atoms with E-state index in [0.29, 0.717) is 5.56 Å². The molecule has 3 amide bonds. The first kappa shape index (κ1) is 28.5. The number of carbonyl (C=O) groups is 3. The minimum Gasteiger partial charge on any atom is -0.364 e. The van der Waals surface area contributed by atoms with E-state index in [1.165, 1.54) is 18.2 Å². The van der Waals surface area contributed by atoms with Crippen molar-refractivity contribution in [2.45, 2.75) is 31.4 Å². The van der Waals surface area contributed by atoms with Gasteiger partial charge >= 0.3 is 6.18 Å². The Bertz CT molecular complexity index is 1690. The van der Waals surface area contributed by atoms with Crippen molar-refractivity contribution in [1.29, 1.82) is 0 Å². The Labute approximate surface area is 237 Å². The summed E-state index contributed by atoms with van der Waals surface area (Å²) in [6.07, 6.45) is -6.70. The molecule has 3 heterocycles. The lowest BCUT2D eigenvalue weighted by Crippen LogP contribution is -2.44. The van der Waals surface area contributed by atoms with Crippen molar-refractivity contribution in [2.75, 3.05) is 11.9 Å². The van der Waals surface area contributed by atoms with Crippen LogP contribution in [0.1, 0.15) is 21.8 Å². The highest BCUT2D eigenvalue weighted by Gasteiger charge is 2.41. The van der Waals surface area contributed by atoms with E-state index in [2.05, 4.69) is 10.4 Å². The number of anilines is 1. The number of benzene rings is 2. The van der Waals surface area contributed by atoms with E-state index in [0.717, 1.165) is 15.6 Å². The summed E-state index contributed by atoms with van der Waals surface area (Å²) in [5, 5.41) is 6.56. The number of hydrogen-bond acceptors (Lipinski definition) is 5. The summed E-state index contributed by atoms with van der Waals surface area (Å²) >= 11 is 6.43. The molecule has 5 rings (SSSR count). The quantitative estimate of drug-likeness (QED) is 0.290. The number of alkyl halides is 4. The lowest BCUT2D eigenvalue weighted by atomic mass is 10.0. The number of carbonyl (C=O) groups excluding carboxylic acids is 3. The normalized spacial score (nSPS) is 17.3. The molecule has 41 heavy (non-hydrogen) atoms. The molecule has 2 atom stereocenters. The molecule has 1 fully saturated rings. The average Bonchev–Trinajstić information content (AvgIpc) is 3.60. The summed E-state index contributed by atoms with van der Waals surface area (Å²) in [4.78, 5) is 38.0. The fraction of sp³-hybridized carbons (Fsp3) is 0.231. The second kappa shape index (κ2) is 10.7. The van der Waals surface area contributed by atoms with E-state index in [4.69, 9.17) is 17.3 Å². The van der Waals surface area contributed by atoms with Crippen LogP contribution in [0.2, 0.25) is 5.02 Å². The zero-order valence-electron chi connectivity index (χ0n) is 20.7. The number of likely N-dealkylation sites (tertiary alicyclic amines) is 1. The van der Waals surface area contributed by atoms with Gasteiger partial charge in [0.2, 0.25) is 11.8 Å². The first-order valence-electron chi connectivity index (χ1n) is 12.0. The third-order valence-corrected chi connectivity index (χ3v) is 8.02. The van der Waals surface area contributed by atoms with Gasteiger partial charge in [0.05, 0.1) is 22.4 Å². The highest BCUT2D eigenvalue weighted by Crippen LogP contribution is 2.39. The summed E-state index contributed by atoms with van der Waals surface area (Å²) in [6.45, 7) is -1.19. The van der Waals surface area contributed by atoms with Gasteiger partial charge in [-0.1, -0.05) is 41.9 Å². The minimum atomic E-state index is -4.72. The fourth-order valence-corrected chi connectivity index (χ4v) is 5.89. The van der Waals surface area contributed by atoms with Crippen LogP contribution in [-0.4, -0.2) is 51.2 Å². The number of nitrogens with one attached hydrogen (secondary N) is 1. The molecule has 1 aliphatic heterocycles. The predicted molar refractivity (Wildman–Crippen MR) is 142 cm³/mol. The number of rotatable bonds is 6. The number of nitrogens with two attached hydrogens (primary N) is 1. The Morgan fingerprint density at radius 1 is 1.12 bits per heavy atom. The van der Waals surface area contributed by atoms with Gasteiger partial charge in [-0.3, -0.25) is 19.1 Å². The molecule has 8 nitrogen and oxygen atoms in total. The van der Waals surface area contributed by atoms with Crippen molar-refractivity contribution in [3.63, 3.8) is 0 Å². The second-order valence-electron chi connectivity index (χ2n) is 9.22. The maximum atomic E-state index is 15.4. The molecule has 0 saturated carbocycles. The van der Waals surface area contributed by atoms with Crippen LogP contribution >= 0.6 is 22.9 Å². The molecular formula is C26H19ClF5N5O3S. The molecule has 2 aromatic carbocycles. The van der Waals surface area contributed by atoms with Gasteiger partial charge < -0.3 is 16.0 Å². The monoisotopic (exact) mass is 611 g/mol. The first-order valence-corrected chi connectivity index (χ1v) is 13.2. The maximum Gasteiger partial charge on any atom is 0.425 e. The van der Waals surface area contributed by atoms with Crippen LogP contribution < -0.4 is 11.1 Å². The molecule has 1 aliphatic rings. The standard InChI is InChI=1S/C26H19ClF5N5O3S/c27-15-6-2-1-4-13(15)14-5-3-7-16(21(14)29)34-25(40)18-8-12(28)10-36(18)20(38)11-37-17-9-19(26(30,31)32)41-23(17)22(35-37)24(33)39/h1-7,9,12,18H,8,10-11H2,(H2,33,39)(H,34,40)/t12-,18+/m1/s1. The lowest BCUT2D eigenvalue weighted by molar-refractivity contribution is -0.137. The molecule has 0 spiro atoms. The number of nitrogens with zero attached hydrogens (tertiary/aromatic N) is 3. The van der Waals surface area contributed by atoms with Crippen LogP contribution in [0.5, 0.6) is 0 Å². The highest BCUT2D eigenvalue weighted by atomic mass is 35.5. The lowest BCUT2D eigenvalue weighted by Gasteiger charge is -2.24. The molecule has 15 heteroatoms. The van der Waals surface area contributed by atoms with E-state index in [9.17, 15) is 31.9 Å². The molecule has 4 aromatic rings. The van der Waals surface area contributed by atoms with Crippen LogP contribution in [0.3, 0.4) is 0 Å². The van der Waals surface area contributed by atoms with E-state index in [1.54, 1.807) is 24.3 Å². The summed E-state index contributed by atoms with van der Waals surface area (Å²) in [5.74, 6) is -3.61. The number of fused-ring (bicyclic) bond motifs is 1. The Morgan fingerprint density at radius 2 is 1.83 bits per heavy atom. The van der Waals surface area contributed by atoms with Crippen LogP contribution in [0.4, 0.5) is 27.6 Å². The molecule has 0 unspecified atom stereocenters. The average molecular weight is 612 g/mol. The van der Waals surface area contributed by atoms with Crippen LogP contribution in [0.15, 0.2) is 48.5 Å². The minimum absolute atomic E-state index is 0.109. The van der Waals surface area contributed by atoms with E-state index < -0.39 is 65.6 Å². The van der Waals surface area contributed by atoms with Gasteiger partial charge in [0.1, 0.15) is 23.6 Å². The largest absolute Gasteiger partial charge is 0.425 e. The fourth-order valence-electron chi connectivity index (χ4n) is 4.64. The number of thiophene rings is 1. The maximum absolute atomic E-state index is 15.4. The summed E-state index contributed by atoms with van der Waals surface area (Å²) in [5.41, 5.74) is 4.91. The topological polar surface area (TPSA) is 110 Å². The van der Waals surface area contributed by atoms with Crippen LogP contribution in [0.25, 0.3) is 21.3 Å². The summed E-state index contributed by atoms with van der Waals surface area (Å²) < 4.78 is 70.3. The molecule has 0 bridgehead atoms. The van der Waals surface area contributed by atoms with Crippen LogP contribution in [-0.2, 0) is 22.3 Å². The number of primary amides is 1. The summed E-state index contributed by atoms with van der Waals surface area (Å²) in [7, 11) is 0. The van der Waals surface area contributed by atoms with E-state index in [1.807, 2.05) is 0 Å². The van der Waals surface area contributed by atoms with Crippen molar-refractivity contribution < 1.29 is 36.3 Å². The first-order chi connectivity index (χ1) is 19.3. The number of halogens is 6. The van der Waals surface area contributed by atoms with Crippen molar-refractivity contribution >= 4 is 56.6 Å². The molecule has 214 valence electrons. The third-order valence-electron chi connectivity index (χ3n) is 6.52. The van der Waals surface area contributed by atoms with Crippen molar-refractivity contribution in [3.05, 3.63) is 69.9 Å². The number of aromatic nitrogens is 2. The van der Waals surface area contributed by atoms with Crippen molar-refractivity contribution in [3.8, 4) is 11.1 Å². The molecule has 3 N–H and O–H groups in total. The van der Waals surface area contributed by atoms with Gasteiger partial charge in [-0.2, -0.15) is 18.3 Å². The van der Waals surface area contributed by atoms with Gasteiger partial charge in [0.25, 0.3) is 5.91 Å². The number of amides is 3. The van der Waals surface area contributed by atoms with Gasteiger partial charge in [0, 0.05) is 22.6 Å². The predicted octanol–water partition coefficient (Wildman–Crippen LogP) is 5.25. The number of hydrogen-bond donors (Lipinski definition) is 2. The molecule has 0 radical (unpaired) electrons. The van der Waals surface area contributed by atoms with Crippen molar-refractivity contribution in [1.82, 2.24) is 14.7 Å². The van der Waals surface area contributed by atoms with Crippen LogP contribution in [0, 0.1) is 5.82 Å². The molecule has 2 aromatic heterocycles. The van der Waals surface area contributed by atoms with E-state index in [-0.39, 0.29) is 44.2 Å². The smallest absolute Gasteiger partial charge is 0.364 e. The van der Waals surface area contributed by atoms with Gasteiger partial charge in [-0.05, 0) is 18.2 Å². The molecule has 1 saturated heterocycles. The SMILES string of the molecule is NC(=O)c1nn(CC(=O)N2C[C@H](F)C[C@H]2C(=O)Nc2cccc(-c3ccccc3Cl)c2F)c2cc(C(F)(F)F)sc12. The second-order valence-corrected chi connectivity index (χ2v) is 10.7. The summed E-state index contributed by atoms with van der Waals surface area (Å²) in [6, 6.07) is 10.1.